The maximum absolute atomic E-state index is 12.8. The Bertz CT molecular complexity index is 725. The van der Waals surface area contributed by atoms with Gasteiger partial charge >= 0.3 is 6.18 Å². The van der Waals surface area contributed by atoms with Gasteiger partial charge in [-0.15, -0.1) is 0 Å². The van der Waals surface area contributed by atoms with Crippen molar-refractivity contribution in [2.24, 2.45) is 5.73 Å². The first-order valence-corrected chi connectivity index (χ1v) is 7.60. The summed E-state index contributed by atoms with van der Waals surface area (Å²) >= 11 is 5.13. The molecular formula is C17H15F3N2S. The highest BCUT2D eigenvalue weighted by Crippen LogP contribution is 2.36. The molecule has 0 amide bonds. The Labute approximate surface area is 137 Å². The molecule has 0 saturated carbocycles. The first kappa shape index (κ1) is 15.8. The number of hydrogen-bond donors (Lipinski definition) is 1. The van der Waals surface area contributed by atoms with Crippen LogP contribution in [0.3, 0.4) is 0 Å². The van der Waals surface area contributed by atoms with Gasteiger partial charge in [-0.3, -0.25) is 0 Å². The van der Waals surface area contributed by atoms with E-state index in [1.165, 1.54) is 17.7 Å². The lowest BCUT2D eigenvalue weighted by atomic mass is 9.88. The molecule has 1 aliphatic rings. The van der Waals surface area contributed by atoms with Crippen LogP contribution in [0.5, 0.6) is 0 Å². The van der Waals surface area contributed by atoms with Gasteiger partial charge in [0.25, 0.3) is 0 Å². The van der Waals surface area contributed by atoms with Crippen LogP contribution in [0, 0.1) is 0 Å². The minimum atomic E-state index is -4.34. The van der Waals surface area contributed by atoms with Crippen LogP contribution in [0.25, 0.3) is 0 Å². The molecule has 1 atom stereocenters. The lowest BCUT2D eigenvalue weighted by molar-refractivity contribution is -0.137. The van der Waals surface area contributed by atoms with Crippen molar-refractivity contribution in [2.75, 3.05) is 6.54 Å². The minimum absolute atomic E-state index is 0.250. The van der Waals surface area contributed by atoms with Crippen molar-refractivity contribution < 1.29 is 13.2 Å². The van der Waals surface area contributed by atoms with Gasteiger partial charge in [-0.2, -0.15) is 13.2 Å². The van der Waals surface area contributed by atoms with Gasteiger partial charge in [-0.1, -0.05) is 36.4 Å². The molecule has 2 aromatic carbocycles. The maximum Gasteiger partial charge on any atom is 0.416 e. The summed E-state index contributed by atoms with van der Waals surface area (Å²) < 4.78 is 38.3. The van der Waals surface area contributed by atoms with Crippen molar-refractivity contribution in [3.05, 3.63) is 70.8 Å². The van der Waals surface area contributed by atoms with Crippen molar-refractivity contribution in [1.29, 1.82) is 0 Å². The summed E-state index contributed by atoms with van der Waals surface area (Å²) in [5, 5.41) is 0.254. The summed E-state index contributed by atoms with van der Waals surface area (Å²) in [5.74, 6) is 0. The number of fused-ring (bicyclic) bond motifs is 1. The van der Waals surface area contributed by atoms with Crippen molar-refractivity contribution >= 4 is 17.3 Å². The molecule has 0 radical (unpaired) electrons. The van der Waals surface area contributed by atoms with Gasteiger partial charge < -0.3 is 10.6 Å². The second kappa shape index (κ2) is 5.85. The highest BCUT2D eigenvalue weighted by molar-refractivity contribution is 7.80. The van der Waals surface area contributed by atoms with Crippen LogP contribution in [0.15, 0.2) is 48.5 Å². The van der Waals surface area contributed by atoms with Crippen molar-refractivity contribution in [2.45, 2.75) is 18.6 Å². The van der Waals surface area contributed by atoms with Gasteiger partial charge in [0.2, 0.25) is 0 Å². The molecule has 0 aromatic heterocycles. The molecule has 6 heteroatoms. The second-order valence-corrected chi connectivity index (χ2v) is 5.92. The van der Waals surface area contributed by atoms with E-state index in [1.807, 2.05) is 29.2 Å². The Kier molecular flexibility index (Phi) is 4.02. The highest BCUT2D eigenvalue weighted by atomic mass is 32.1. The summed E-state index contributed by atoms with van der Waals surface area (Å²) in [7, 11) is 0. The van der Waals surface area contributed by atoms with Crippen LogP contribution in [0.1, 0.15) is 28.3 Å². The quantitative estimate of drug-likeness (QED) is 0.801. The number of nitrogens with zero attached hydrogens (tertiary/aromatic N) is 1. The average molecular weight is 336 g/mol. The third-order valence-corrected chi connectivity index (χ3v) is 4.35. The second-order valence-electron chi connectivity index (χ2n) is 5.50. The summed E-state index contributed by atoms with van der Waals surface area (Å²) in [6.07, 6.45) is -3.53. The van der Waals surface area contributed by atoms with E-state index >= 15 is 0 Å². The van der Waals surface area contributed by atoms with Gasteiger partial charge in [0.05, 0.1) is 11.6 Å². The van der Waals surface area contributed by atoms with Crippen LogP contribution >= 0.6 is 12.2 Å². The number of nitrogens with two attached hydrogens (primary N) is 1. The Morgan fingerprint density at radius 2 is 1.74 bits per heavy atom. The summed E-state index contributed by atoms with van der Waals surface area (Å²) in [6.45, 7) is 0.651. The predicted molar refractivity (Wildman–Crippen MR) is 86.9 cm³/mol. The number of thiocarbonyl (C=S) groups is 1. The molecular weight excluding hydrogens is 321 g/mol. The van der Waals surface area contributed by atoms with Gasteiger partial charge in [-0.05, 0) is 47.5 Å². The molecule has 0 aliphatic carbocycles. The van der Waals surface area contributed by atoms with Crippen LogP contribution in [-0.4, -0.2) is 16.6 Å². The zero-order valence-electron chi connectivity index (χ0n) is 12.2. The molecule has 0 fully saturated rings. The zero-order chi connectivity index (χ0) is 16.6. The Hall–Kier alpha value is -2.08. The molecule has 1 aliphatic heterocycles. The lowest BCUT2D eigenvalue weighted by Gasteiger charge is -2.38. The smallest absolute Gasteiger partial charge is 0.376 e. The summed E-state index contributed by atoms with van der Waals surface area (Å²) in [5.41, 5.74) is 8.12. The molecule has 0 spiro atoms. The van der Waals surface area contributed by atoms with E-state index in [2.05, 4.69) is 0 Å². The molecule has 23 heavy (non-hydrogen) atoms. The van der Waals surface area contributed by atoms with E-state index in [0.29, 0.717) is 6.54 Å². The van der Waals surface area contributed by atoms with Crippen molar-refractivity contribution in [3.63, 3.8) is 0 Å². The Morgan fingerprint density at radius 1 is 1.09 bits per heavy atom. The molecule has 1 unspecified atom stereocenters. The zero-order valence-corrected chi connectivity index (χ0v) is 13.0. The predicted octanol–water partition coefficient (Wildman–Crippen LogP) is 3.90. The number of halogens is 3. The van der Waals surface area contributed by atoms with E-state index < -0.39 is 11.7 Å². The summed E-state index contributed by atoms with van der Waals surface area (Å²) in [6, 6.07) is 12.8. The fourth-order valence-corrected chi connectivity index (χ4v) is 3.21. The molecule has 3 rings (SSSR count). The van der Waals surface area contributed by atoms with Gasteiger partial charge in [0, 0.05) is 6.54 Å². The van der Waals surface area contributed by atoms with Crippen molar-refractivity contribution in [3.8, 4) is 0 Å². The standard InChI is InChI=1S/C17H15F3N2S/c18-17(19,20)13-7-5-12(6-8-13)15-14-4-2-1-3-11(14)9-10-22(15)16(21)23/h1-8,15H,9-10H2,(H2,21,23). The number of rotatable bonds is 1. The minimum Gasteiger partial charge on any atom is -0.376 e. The fourth-order valence-electron chi connectivity index (χ4n) is 3.02. The van der Waals surface area contributed by atoms with Crippen LogP contribution < -0.4 is 5.73 Å². The molecule has 0 bridgehead atoms. The Morgan fingerprint density at radius 3 is 2.35 bits per heavy atom. The average Bonchev–Trinajstić information content (AvgIpc) is 2.53. The first-order chi connectivity index (χ1) is 10.9. The van der Waals surface area contributed by atoms with Gasteiger partial charge in [0.15, 0.2) is 5.11 Å². The highest BCUT2D eigenvalue weighted by Gasteiger charge is 2.32. The number of hydrogen-bond acceptors (Lipinski definition) is 1. The third-order valence-electron chi connectivity index (χ3n) is 4.12. The monoisotopic (exact) mass is 336 g/mol. The number of benzene rings is 2. The molecule has 120 valence electrons. The lowest BCUT2D eigenvalue weighted by Crippen LogP contribution is -2.43. The van der Waals surface area contributed by atoms with E-state index in [4.69, 9.17) is 18.0 Å². The van der Waals surface area contributed by atoms with Gasteiger partial charge in [-0.25, -0.2) is 0 Å². The summed E-state index contributed by atoms with van der Waals surface area (Å²) in [4.78, 5) is 1.86. The van der Waals surface area contributed by atoms with Crippen molar-refractivity contribution in [1.82, 2.24) is 4.90 Å². The van der Waals surface area contributed by atoms with Crippen LogP contribution in [-0.2, 0) is 12.6 Å². The molecule has 0 saturated heterocycles. The molecule has 2 nitrogen and oxygen atoms in total. The van der Waals surface area contributed by atoms with Crippen LogP contribution in [0.2, 0.25) is 0 Å². The van der Waals surface area contributed by atoms with E-state index in [-0.39, 0.29) is 11.2 Å². The maximum atomic E-state index is 12.8. The fraction of sp³-hybridized carbons (Fsp3) is 0.235. The molecule has 1 heterocycles. The van der Waals surface area contributed by atoms with E-state index in [1.54, 1.807) is 0 Å². The van der Waals surface area contributed by atoms with E-state index in [9.17, 15) is 13.2 Å². The Balaban J connectivity index is 2.05. The SMILES string of the molecule is NC(=S)N1CCc2ccccc2C1c1ccc(C(F)(F)F)cc1. The van der Waals surface area contributed by atoms with Crippen LogP contribution in [0.4, 0.5) is 13.2 Å². The normalized spacial score (nSPS) is 17.7. The molecule has 2 N–H and O–H groups in total. The van der Waals surface area contributed by atoms with E-state index in [0.717, 1.165) is 29.7 Å². The largest absolute Gasteiger partial charge is 0.416 e. The molecule has 2 aromatic rings. The van der Waals surface area contributed by atoms with Gasteiger partial charge in [0.1, 0.15) is 0 Å². The third kappa shape index (κ3) is 3.03. The number of alkyl halides is 3. The topological polar surface area (TPSA) is 29.3 Å². The first-order valence-electron chi connectivity index (χ1n) is 7.19.